The maximum absolute atomic E-state index is 5.58. The molecule has 2 aromatic carbocycles. The Morgan fingerprint density at radius 1 is 1.00 bits per heavy atom. The molecule has 0 aliphatic rings. The molecule has 0 spiro atoms. The smallest absolute Gasteiger partial charge is 0.315 e. The molecule has 5 heteroatoms. The number of hydrogen-bond acceptors (Lipinski definition) is 4. The second kappa shape index (κ2) is 5.95. The highest BCUT2D eigenvalue weighted by Crippen LogP contribution is 2.26. The summed E-state index contributed by atoms with van der Waals surface area (Å²) in [5.41, 5.74) is 3.14. The quantitative estimate of drug-likeness (QED) is 0.731. The largest absolute Gasteiger partial charge is 0.441 e. The van der Waals surface area contributed by atoms with Crippen molar-refractivity contribution in [2.24, 2.45) is 0 Å². The summed E-state index contributed by atoms with van der Waals surface area (Å²) in [6.07, 6.45) is 1.81. The van der Waals surface area contributed by atoms with Gasteiger partial charge in [-0.3, -0.25) is 5.10 Å². The van der Waals surface area contributed by atoms with Crippen LogP contribution in [0.4, 0.5) is 0 Å². The number of methoxy groups -OCH3 is 2. The first kappa shape index (κ1) is 13.6. The van der Waals surface area contributed by atoms with Gasteiger partial charge in [0.15, 0.2) is 0 Å². The molecule has 1 aromatic heterocycles. The zero-order valence-electron chi connectivity index (χ0n) is 11.9. The van der Waals surface area contributed by atoms with Crippen LogP contribution in [0.5, 0.6) is 5.75 Å². The molecule has 0 bridgehead atoms. The van der Waals surface area contributed by atoms with Gasteiger partial charge in [0.2, 0.25) is 0 Å². The fourth-order valence-corrected chi connectivity index (χ4v) is 2.17. The van der Waals surface area contributed by atoms with Crippen molar-refractivity contribution in [3.8, 4) is 16.9 Å². The van der Waals surface area contributed by atoms with Crippen molar-refractivity contribution in [3.05, 3.63) is 48.7 Å². The van der Waals surface area contributed by atoms with E-state index in [1.165, 1.54) is 14.2 Å². The minimum Gasteiger partial charge on any atom is -0.441 e. The summed E-state index contributed by atoms with van der Waals surface area (Å²) in [5.74, 6) is 0.686. The van der Waals surface area contributed by atoms with Crippen LogP contribution < -0.4 is 4.74 Å². The van der Waals surface area contributed by atoms with Crippen LogP contribution in [0, 0.1) is 0 Å². The van der Waals surface area contributed by atoms with E-state index in [-0.39, 0.29) is 0 Å². The molecule has 3 aromatic rings. The third-order valence-corrected chi connectivity index (χ3v) is 3.23. The first-order chi connectivity index (χ1) is 10.3. The van der Waals surface area contributed by atoms with Gasteiger partial charge in [-0.15, -0.1) is 0 Å². The number of aromatic amines is 1. The van der Waals surface area contributed by atoms with E-state index in [2.05, 4.69) is 22.3 Å². The monoisotopic (exact) mass is 284 g/mol. The van der Waals surface area contributed by atoms with Crippen molar-refractivity contribution < 1.29 is 14.2 Å². The van der Waals surface area contributed by atoms with E-state index in [1.807, 2.05) is 30.3 Å². The zero-order valence-corrected chi connectivity index (χ0v) is 11.9. The molecule has 1 N–H and O–H groups in total. The van der Waals surface area contributed by atoms with Crippen molar-refractivity contribution in [2.75, 3.05) is 14.2 Å². The summed E-state index contributed by atoms with van der Waals surface area (Å²) >= 11 is 0. The second-order valence-electron chi connectivity index (χ2n) is 4.58. The maximum Gasteiger partial charge on any atom is 0.315 e. The number of hydrogen-bond donors (Lipinski definition) is 1. The van der Waals surface area contributed by atoms with Crippen LogP contribution >= 0.6 is 0 Å². The number of H-pyrrole nitrogens is 1. The highest BCUT2D eigenvalue weighted by Gasteiger charge is 2.08. The molecule has 1 heterocycles. The summed E-state index contributed by atoms with van der Waals surface area (Å²) in [4.78, 5) is 0. The summed E-state index contributed by atoms with van der Waals surface area (Å²) in [6.45, 7) is -0.713. The molecular weight excluding hydrogens is 268 g/mol. The van der Waals surface area contributed by atoms with Crippen LogP contribution in [0.15, 0.2) is 48.7 Å². The van der Waals surface area contributed by atoms with E-state index in [0.29, 0.717) is 5.75 Å². The van der Waals surface area contributed by atoms with Crippen molar-refractivity contribution in [2.45, 2.75) is 6.48 Å². The first-order valence-corrected chi connectivity index (χ1v) is 6.56. The molecule has 0 radical (unpaired) electrons. The Labute approximate surface area is 122 Å². The lowest BCUT2D eigenvalue weighted by molar-refractivity contribution is -0.219. The van der Waals surface area contributed by atoms with Crippen LogP contribution in [0.2, 0.25) is 0 Å². The minimum absolute atomic E-state index is 0.686. The molecule has 21 heavy (non-hydrogen) atoms. The van der Waals surface area contributed by atoms with Crippen LogP contribution in [-0.4, -0.2) is 30.9 Å². The number of benzene rings is 2. The standard InChI is InChI=1S/C16H16N2O3/c1-19-16(20-2)21-14-5-3-4-11(8-14)12-6-7-13-10-17-18-15(13)9-12/h3-10,16H,1-2H3,(H,17,18). The van der Waals surface area contributed by atoms with Crippen molar-refractivity contribution in [3.63, 3.8) is 0 Å². The van der Waals surface area contributed by atoms with Gasteiger partial charge in [-0.1, -0.05) is 24.3 Å². The number of fused-ring (bicyclic) bond motifs is 1. The molecule has 5 nitrogen and oxygen atoms in total. The van der Waals surface area contributed by atoms with Crippen LogP contribution in [0.3, 0.4) is 0 Å². The average molecular weight is 284 g/mol. The van der Waals surface area contributed by atoms with E-state index in [4.69, 9.17) is 14.2 Å². The Bertz CT molecular complexity index is 735. The van der Waals surface area contributed by atoms with E-state index in [1.54, 1.807) is 6.20 Å². The predicted molar refractivity (Wildman–Crippen MR) is 80.0 cm³/mol. The van der Waals surface area contributed by atoms with Crippen molar-refractivity contribution in [1.29, 1.82) is 0 Å². The Morgan fingerprint density at radius 3 is 2.62 bits per heavy atom. The number of rotatable bonds is 5. The van der Waals surface area contributed by atoms with Gasteiger partial charge in [0.1, 0.15) is 5.75 Å². The van der Waals surface area contributed by atoms with E-state index in [0.717, 1.165) is 22.0 Å². The van der Waals surface area contributed by atoms with Gasteiger partial charge >= 0.3 is 6.48 Å². The lowest BCUT2D eigenvalue weighted by Gasteiger charge is -2.15. The normalized spacial score (nSPS) is 11.2. The Kier molecular flexibility index (Phi) is 3.85. The molecule has 0 unspecified atom stereocenters. The molecule has 0 atom stereocenters. The topological polar surface area (TPSA) is 56.4 Å². The minimum atomic E-state index is -0.713. The SMILES string of the molecule is COC(OC)Oc1cccc(-c2ccc3cn[nH]c3c2)c1. The van der Waals surface area contributed by atoms with Gasteiger partial charge in [-0.2, -0.15) is 5.10 Å². The fourth-order valence-electron chi connectivity index (χ4n) is 2.17. The van der Waals surface area contributed by atoms with Gasteiger partial charge < -0.3 is 14.2 Å². The van der Waals surface area contributed by atoms with Crippen LogP contribution in [0.25, 0.3) is 22.0 Å². The van der Waals surface area contributed by atoms with Crippen LogP contribution in [0.1, 0.15) is 0 Å². The molecule has 108 valence electrons. The third-order valence-electron chi connectivity index (χ3n) is 3.23. The lowest BCUT2D eigenvalue weighted by atomic mass is 10.0. The van der Waals surface area contributed by atoms with Gasteiger partial charge in [0.05, 0.1) is 11.7 Å². The average Bonchev–Trinajstić information content (AvgIpc) is 3.00. The molecule has 0 saturated carbocycles. The van der Waals surface area contributed by atoms with Gasteiger partial charge in [-0.25, -0.2) is 0 Å². The van der Waals surface area contributed by atoms with E-state index < -0.39 is 6.48 Å². The van der Waals surface area contributed by atoms with Gasteiger partial charge in [0, 0.05) is 19.6 Å². The molecule has 0 saturated heterocycles. The Balaban J connectivity index is 1.91. The summed E-state index contributed by atoms with van der Waals surface area (Å²) < 4.78 is 15.7. The lowest BCUT2D eigenvalue weighted by Crippen LogP contribution is -2.20. The zero-order chi connectivity index (χ0) is 14.7. The number of ether oxygens (including phenoxy) is 3. The number of aromatic nitrogens is 2. The predicted octanol–water partition coefficient (Wildman–Crippen LogP) is 3.19. The molecule has 0 amide bonds. The molecule has 3 rings (SSSR count). The molecule has 0 aliphatic carbocycles. The van der Waals surface area contributed by atoms with Crippen molar-refractivity contribution in [1.82, 2.24) is 10.2 Å². The molecule has 0 fully saturated rings. The van der Waals surface area contributed by atoms with Gasteiger partial charge in [0.25, 0.3) is 0 Å². The third kappa shape index (κ3) is 2.89. The summed E-state index contributed by atoms with van der Waals surface area (Å²) in [5, 5.41) is 8.09. The Morgan fingerprint density at radius 2 is 1.81 bits per heavy atom. The molecule has 0 aliphatic heterocycles. The van der Waals surface area contributed by atoms with Crippen LogP contribution in [-0.2, 0) is 9.47 Å². The number of nitrogens with one attached hydrogen (secondary N) is 1. The highest BCUT2D eigenvalue weighted by atomic mass is 16.8. The Hall–Kier alpha value is -2.37. The fraction of sp³-hybridized carbons (Fsp3) is 0.188. The highest BCUT2D eigenvalue weighted by molar-refractivity contribution is 5.83. The second-order valence-corrected chi connectivity index (χ2v) is 4.58. The van der Waals surface area contributed by atoms with Crippen molar-refractivity contribution >= 4 is 10.9 Å². The summed E-state index contributed by atoms with van der Waals surface area (Å²) in [7, 11) is 3.06. The first-order valence-electron chi connectivity index (χ1n) is 6.56. The van der Waals surface area contributed by atoms with Gasteiger partial charge in [-0.05, 0) is 29.3 Å². The van der Waals surface area contributed by atoms with E-state index >= 15 is 0 Å². The van der Waals surface area contributed by atoms with E-state index in [9.17, 15) is 0 Å². The molecular formula is C16H16N2O3. The number of nitrogens with zero attached hydrogens (tertiary/aromatic N) is 1. The maximum atomic E-state index is 5.58. The summed E-state index contributed by atoms with van der Waals surface area (Å²) in [6, 6.07) is 13.9.